The van der Waals surface area contributed by atoms with Crippen LogP contribution in [-0.2, 0) is 22.7 Å². The molecule has 3 rings (SSSR count). The van der Waals surface area contributed by atoms with Crippen LogP contribution in [0.4, 0.5) is 0 Å². The van der Waals surface area contributed by atoms with E-state index in [2.05, 4.69) is 10.4 Å². The fourth-order valence-corrected chi connectivity index (χ4v) is 3.96. The SMILES string of the molecule is CC(=O)N[C@@H]1[C@@H](O)[C@H](O)[C@@H](CO)O[C@H]1n1nc(COc2ccccc2)n(CC(C)C)c1=S. The zero-order valence-corrected chi connectivity index (χ0v) is 19.1. The maximum absolute atomic E-state index is 11.8. The Morgan fingerprint density at radius 2 is 1.97 bits per heavy atom. The Morgan fingerprint density at radius 3 is 2.56 bits per heavy atom. The number of aromatic nitrogens is 3. The van der Waals surface area contributed by atoms with Crippen molar-refractivity contribution in [3.05, 3.63) is 40.9 Å². The summed E-state index contributed by atoms with van der Waals surface area (Å²) in [5.41, 5.74) is 0. The number of para-hydroxylation sites is 1. The normalized spacial score (nSPS) is 25.7. The molecule has 0 aliphatic carbocycles. The van der Waals surface area contributed by atoms with Gasteiger partial charge < -0.3 is 34.7 Å². The van der Waals surface area contributed by atoms with Crippen molar-refractivity contribution in [2.24, 2.45) is 5.92 Å². The summed E-state index contributed by atoms with van der Waals surface area (Å²) in [6, 6.07) is 8.26. The molecule has 0 bridgehead atoms. The zero-order valence-electron chi connectivity index (χ0n) is 18.3. The largest absolute Gasteiger partial charge is 0.486 e. The van der Waals surface area contributed by atoms with Gasteiger partial charge in [-0.3, -0.25) is 4.79 Å². The van der Waals surface area contributed by atoms with Gasteiger partial charge in [0.15, 0.2) is 16.8 Å². The molecule has 0 spiro atoms. The summed E-state index contributed by atoms with van der Waals surface area (Å²) in [6.45, 7) is 5.56. The lowest BCUT2D eigenvalue weighted by molar-refractivity contribution is -0.219. The van der Waals surface area contributed by atoms with Crippen LogP contribution >= 0.6 is 12.2 Å². The summed E-state index contributed by atoms with van der Waals surface area (Å²) >= 11 is 5.66. The average molecular weight is 467 g/mol. The van der Waals surface area contributed by atoms with Crippen LogP contribution in [0.5, 0.6) is 5.75 Å². The van der Waals surface area contributed by atoms with Crippen molar-refractivity contribution in [3.8, 4) is 5.75 Å². The molecular weight excluding hydrogens is 436 g/mol. The molecule has 0 unspecified atom stereocenters. The van der Waals surface area contributed by atoms with Crippen molar-refractivity contribution in [3.63, 3.8) is 0 Å². The second kappa shape index (κ2) is 10.5. The summed E-state index contributed by atoms with van der Waals surface area (Å²) in [4.78, 5) is 11.8. The minimum atomic E-state index is -1.39. The van der Waals surface area contributed by atoms with Crippen molar-refractivity contribution in [2.75, 3.05) is 6.61 Å². The quantitative estimate of drug-likeness (QED) is 0.420. The smallest absolute Gasteiger partial charge is 0.217 e. The third-order valence-electron chi connectivity index (χ3n) is 5.13. The Kier molecular flexibility index (Phi) is 8.01. The van der Waals surface area contributed by atoms with Crippen LogP contribution < -0.4 is 10.1 Å². The molecule has 5 atom stereocenters. The second-order valence-corrected chi connectivity index (χ2v) is 8.57. The van der Waals surface area contributed by atoms with Gasteiger partial charge in [-0.25, -0.2) is 4.68 Å². The Morgan fingerprint density at radius 1 is 1.28 bits per heavy atom. The number of nitrogens with one attached hydrogen (secondary N) is 1. The Balaban J connectivity index is 1.99. The van der Waals surface area contributed by atoms with Crippen LogP contribution in [0, 0.1) is 10.7 Å². The molecule has 4 N–H and O–H groups in total. The van der Waals surface area contributed by atoms with Crippen molar-refractivity contribution in [2.45, 2.75) is 64.5 Å². The standard InChI is InChI=1S/C21H30N4O6S/c1-12(2)9-24-16(11-30-14-7-5-4-6-8-14)23-25(21(24)32)20-17(22-13(3)27)19(29)18(28)15(10-26)31-20/h4-8,12,15,17-20,26,28-29H,9-11H2,1-3H3,(H,22,27)/t15-,17-,18-,19-,20-/m1/s1. The molecule has 1 aliphatic rings. The van der Waals surface area contributed by atoms with Gasteiger partial charge in [-0.2, -0.15) is 5.10 Å². The van der Waals surface area contributed by atoms with E-state index in [4.69, 9.17) is 21.7 Å². The van der Waals surface area contributed by atoms with Gasteiger partial charge >= 0.3 is 0 Å². The first-order valence-corrected chi connectivity index (χ1v) is 10.9. The first kappa shape index (κ1) is 24.3. The van der Waals surface area contributed by atoms with Crippen molar-refractivity contribution in [1.29, 1.82) is 0 Å². The highest BCUT2D eigenvalue weighted by Crippen LogP contribution is 2.29. The predicted molar refractivity (Wildman–Crippen MR) is 117 cm³/mol. The van der Waals surface area contributed by atoms with Gasteiger partial charge in [0.25, 0.3) is 0 Å². The van der Waals surface area contributed by atoms with E-state index < -0.39 is 43.1 Å². The van der Waals surface area contributed by atoms with Crippen molar-refractivity contribution < 1.29 is 29.6 Å². The highest BCUT2D eigenvalue weighted by atomic mass is 32.1. The van der Waals surface area contributed by atoms with E-state index in [1.54, 1.807) is 0 Å². The van der Waals surface area contributed by atoms with E-state index in [1.807, 2.05) is 48.7 Å². The molecule has 1 aromatic carbocycles. The number of rotatable bonds is 8. The minimum Gasteiger partial charge on any atom is -0.486 e. The molecular formula is C21H30N4O6S. The molecule has 32 heavy (non-hydrogen) atoms. The summed E-state index contributed by atoms with van der Waals surface area (Å²) in [5, 5.41) is 37.7. The van der Waals surface area contributed by atoms with Crippen molar-refractivity contribution in [1.82, 2.24) is 19.7 Å². The number of hydrogen-bond acceptors (Lipinski definition) is 8. The number of ether oxygens (including phenoxy) is 2. The Labute approximate surface area is 191 Å². The number of nitrogens with zero attached hydrogens (tertiary/aromatic N) is 3. The number of amides is 1. The van der Waals surface area contributed by atoms with E-state index in [-0.39, 0.29) is 12.5 Å². The lowest BCUT2D eigenvalue weighted by atomic mass is 9.96. The fourth-order valence-electron chi connectivity index (χ4n) is 3.64. The molecule has 1 aliphatic heterocycles. The Bertz CT molecular complexity index is 963. The molecule has 2 heterocycles. The maximum atomic E-state index is 11.8. The van der Waals surface area contributed by atoms with Gasteiger partial charge in [-0.05, 0) is 30.3 Å². The van der Waals surface area contributed by atoms with Gasteiger partial charge in [0.2, 0.25) is 5.91 Å². The number of carbonyl (C=O) groups is 1. The molecule has 1 saturated heterocycles. The van der Waals surface area contributed by atoms with E-state index >= 15 is 0 Å². The molecule has 1 aromatic heterocycles. The fraction of sp³-hybridized carbons (Fsp3) is 0.571. The van der Waals surface area contributed by atoms with Gasteiger partial charge in [-0.15, -0.1) is 0 Å². The molecule has 0 saturated carbocycles. The van der Waals surface area contributed by atoms with Crippen LogP contribution in [0.3, 0.4) is 0 Å². The molecule has 10 nitrogen and oxygen atoms in total. The Hall–Kier alpha value is -2.31. The summed E-state index contributed by atoms with van der Waals surface area (Å²) in [7, 11) is 0. The monoisotopic (exact) mass is 466 g/mol. The third-order valence-corrected chi connectivity index (χ3v) is 5.54. The molecule has 2 aromatic rings. The molecule has 1 amide bonds. The first-order valence-electron chi connectivity index (χ1n) is 10.5. The minimum absolute atomic E-state index is 0.138. The molecule has 176 valence electrons. The van der Waals surface area contributed by atoms with Gasteiger partial charge in [0.05, 0.1) is 6.61 Å². The molecule has 1 fully saturated rings. The summed E-state index contributed by atoms with van der Waals surface area (Å²) in [5.74, 6) is 1.05. The van der Waals surface area contributed by atoms with E-state index in [0.717, 1.165) is 0 Å². The van der Waals surface area contributed by atoms with Crippen molar-refractivity contribution >= 4 is 18.1 Å². The van der Waals surface area contributed by atoms with Crippen LogP contribution in [0.25, 0.3) is 0 Å². The number of hydrogen-bond donors (Lipinski definition) is 4. The molecule has 11 heteroatoms. The second-order valence-electron chi connectivity index (χ2n) is 8.20. The lowest BCUT2D eigenvalue weighted by Gasteiger charge is -2.42. The lowest BCUT2D eigenvalue weighted by Crippen LogP contribution is -2.62. The van der Waals surface area contributed by atoms with Crippen LogP contribution in [-0.4, -0.2) is 66.5 Å². The van der Waals surface area contributed by atoms with E-state index in [1.165, 1.54) is 11.6 Å². The summed E-state index contributed by atoms with van der Waals surface area (Å²) < 4.78 is 15.2. The van der Waals surface area contributed by atoms with Gasteiger partial charge in [0, 0.05) is 13.5 Å². The predicted octanol–water partition coefficient (Wildman–Crippen LogP) is 0.765. The van der Waals surface area contributed by atoms with Crippen LogP contribution in [0.2, 0.25) is 0 Å². The highest BCUT2D eigenvalue weighted by molar-refractivity contribution is 7.71. The topological polar surface area (TPSA) is 131 Å². The first-order chi connectivity index (χ1) is 15.2. The number of carbonyl (C=O) groups excluding carboxylic acids is 1. The van der Waals surface area contributed by atoms with Gasteiger partial charge in [-0.1, -0.05) is 32.0 Å². The van der Waals surface area contributed by atoms with E-state index in [0.29, 0.717) is 22.9 Å². The van der Waals surface area contributed by atoms with E-state index in [9.17, 15) is 20.1 Å². The third kappa shape index (κ3) is 5.36. The van der Waals surface area contributed by atoms with Gasteiger partial charge in [0.1, 0.15) is 36.7 Å². The molecule has 0 radical (unpaired) electrons. The summed E-state index contributed by atoms with van der Waals surface area (Å²) in [6.07, 6.45) is -4.89. The van der Waals surface area contributed by atoms with Crippen LogP contribution in [0.1, 0.15) is 32.8 Å². The maximum Gasteiger partial charge on any atom is 0.217 e. The number of benzene rings is 1. The zero-order chi connectivity index (χ0) is 23.4. The number of aliphatic hydroxyl groups excluding tert-OH is 3. The highest BCUT2D eigenvalue weighted by Gasteiger charge is 2.46. The van der Waals surface area contributed by atoms with Crippen LogP contribution in [0.15, 0.2) is 30.3 Å². The average Bonchev–Trinajstić information content (AvgIpc) is 3.05. The number of aliphatic hydroxyl groups is 3.